The van der Waals surface area contributed by atoms with Crippen molar-refractivity contribution in [3.8, 4) is 12.3 Å². The van der Waals surface area contributed by atoms with Gasteiger partial charge < -0.3 is 4.74 Å². The van der Waals surface area contributed by atoms with Crippen LogP contribution in [0.15, 0.2) is 12.7 Å². The van der Waals surface area contributed by atoms with Crippen LogP contribution in [0, 0.1) is 24.2 Å². The van der Waals surface area contributed by atoms with Crippen LogP contribution in [-0.2, 0) is 14.3 Å². The third-order valence-corrected chi connectivity index (χ3v) is 5.38. The van der Waals surface area contributed by atoms with Gasteiger partial charge in [0.25, 0.3) is 0 Å². The lowest BCUT2D eigenvalue weighted by atomic mass is 9.88. The van der Waals surface area contributed by atoms with Crippen LogP contribution in [0.2, 0.25) is 0 Å². The van der Waals surface area contributed by atoms with E-state index in [2.05, 4.69) is 26.3 Å². The Morgan fingerprint density at radius 2 is 1.89 bits per heavy atom. The van der Waals surface area contributed by atoms with Crippen molar-refractivity contribution < 1.29 is 14.3 Å². The number of ketones is 1. The van der Waals surface area contributed by atoms with Crippen molar-refractivity contribution in [3.63, 3.8) is 0 Å². The molecule has 3 heteroatoms. The molecule has 28 heavy (non-hydrogen) atoms. The third-order valence-electron chi connectivity index (χ3n) is 5.38. The van der Waals surface area contributed by atoms with Gasteiger partial charge >= 0.3 is 5.97 Å². The summed E-state index contributed by atoms with van der Waals surface area (Å²) < 4.78 is 4.81. The van der Waals surface area contributed by atoms with Crippen LogP contribution in [0.25, 0.3) is 0 Å². The minimum absolute atomic E-state index is 0.106. The molecule has 0 saturated heterocycles. The van der Waals surface area contributed by atoms with E-state index in [1.807, 2.05) is 0 Å². The lowest BCUT2D eigenvalue weighted by molar-refractivity contribution is -0.142. The first-order valence-corrected chi connectivity index (χ1v) is 11.3. The molecule has 0 spiro atoms. The molecule has 0 aromatic heterocycles. The molecule has 3 nitrogen and oxygen atoms in total. The van der Waals surface area contributed by atoms with Crippen molar-refractivity contribution in [2.75, 3.05) is 6.61 Å². The highest BCUT2D eigenvalue weighted by Crippen LogP contribution is 2.25. The summed E-state index contributed by atoms with van der Waals surface area (Å²) in [5.41, 5.74) is 0. The van der Waals surface area contributed by atoms with Crippen molar-refractivity contribution in [2.24, 2.45) is 11.8 Å². The fraction of sp³-hybridized carbons (Fsp3) is 0.760. The molecule has 0 amide bonds. The van der Waals surface area contributed by atoms with Gasteiger partial charge in [-0.3, -0.25) is 9.59 Å². The van der Waals surface area contributed by atoms with Crippen LogP contribution in [0.3, 0.4) is 0 Å². The van der Waals surface area contributed by atoms with Gasteiger partial charge in [0.05, 0.1) is 0 Å². The molecule has 2 saturated carbocycles. The molecule has 2 aliphatic rings. The maximum atomic E-state index is 10.9. The summed E-state index contributed by atoms with van der Waals surface area (Å²) in [5, 5.41) is 0. The smallest absolute Gasteiger partial charge is 0.306 e. The van der Waals surface area contributed by atoms with Crippen LogP contribution in [-0.4, -0.2) is 18.4 Å². The number of terminal acetylenes is 1. The molecule has 2 rings (SSSR count). The Morgan fingerprint density at radius 3 is 2.32 bits per heavy atom. The van der Waals surface area contributed by atoms with Gasteiger partial charge in [-0.1, -0.05) is 84.3 Å². The fourth-order valence-corrected chi connectivity index (χ4v) is 3.47. The maximum Gasteiger partial charge on any atom is 0.306 e. The van der Waals surface area contributed by atoms with Gasteiger partial charge in [-0.2, -0.15) is 0 Å². The molecular formula is C25H42O3. The Balaban J connectivity index is 0.000000402. The summed E-state index contributed by atoms with van der Waals surface area (Å²) in [4.78, 5) is 21.4. The Hall–Kier alpha value is -1.56. The number of hydrogen-bond acceptors (Lipinski definition) is 3. The van der Waals surface area contributed by atoms with Crippen LogP contribution < -0.4 is 0 Å². The number of carbonyl (C=O) groups excluding carboxylic acids is 2. The summed E-state index contributed by atoms with van der Waals surface area (Å²) >= 11 is 0. The van der Waals surface area contributed by atoms with Crippen molar-refractivity contribution in [3.05, 3.63) is 12.7 Å². The van der Waals surface area contributed by atoms with Crippen molar-refractivity contribution in [1.82, 2.24) is 0 Å². The van der Waals surface area contributed by atoms with E-state index in [-0.39, 0.29) is 11.9 Å². The quantitative estimate of drug-likeness (QED) is 0.202. The molecule has 160 valence electrons. The summed E-state index contributed by atoms with van der Waals surface area (Å²) in [6, 6.07) is 0. The first kappa shape index (κ1) is 26.4. The van der Waals surface area contributed by atoms with E-state index in [1.165, 1.54) is 51.4 Å². The number of unbranched alkanes of at least 4 members (excludes halogenated alkanes) is 3. The van der Waals surface area contributed by atoms with E-state index in [9.17, 15) is 9.59 Å². The zero-order valence-electron chi connectivity index (χ0n) is 18.3. The second-order valence-electron chi connectivity index (χ2n) is 7.84. The topological polar surface area (TPSA) is 43.4 Å². The van der Waals surface area contributed by atoms with Crippen LogP contribution in [0.5, 0.6) is 0 Å². The molecule has 0 radical (unpaired) electrons. The summed E-state index contributed by atoms with van der Waals surface area (Å²) in [5.74, 6) is 4.13. The number of rotatable bonds is 8. The van der Waals surface area contributed by atoms with Gasteiger partial charge in [0.2, 0.25) is 0 Å². The van der Waals surface area contributed by atoms with Gasteiger partial charge in [0.1, 0.15) is 12.4 Å². The first-order valence-electron chi connectivity index (χ1n) is 11.3. The summed E-state index contributed by atoms with van der Waals surface area (Å²) in [6.45, 7) is 8.27. The molecule has 0 aliphatic heterocycles. The van der Waals surface area contributed by atoms with Gasteiger partial charge in [-0.25, -0.2) is 0 Å². The average molecular weight is 391 g/mol. The Labute approximate surface area is 173 Å². The van der Waals surface area contributed by atoms with Crippen molar-refractivity contribution in [2.45, 2.75) is 104 Å². The van der Waals surface area contributed by atoms with Crippen LogP contribution in [0.1, 0.15) is 104 Å². The van der Waals surface area contributed by atoms with Gasteiger partial charge in [0, 0.05) is 25.2 Å². The van der Waals surface area contributed by atoms with Gasteiger partial charge in [-0.05, 0) is 18.8 Å². The number of ether oxygens (including phenoxy) is 1. The highest BCUT2D eigenvalue weighted by Gasteiger charge is 2.19. The zero-order valence-corrected chi connectivity index (χ0v) is 18.3. The maximum absolute atomic E-state index is 10.9. The summed E-state index contributed by atoms with van der Waals surface area (Å²) in [7, 11) is 0. The monoisotopic (exact) mass is 390 g/mol. The largest absolute Gasteiger partial charge is 0.461 e. The number of hydrogen-bond donors (Lipinski definition) is 0. The Morgan fingerprint density at radius 1 is 1.18 bits per heavy atom. The van der Waals surface area contributed by atoms with Crippen molar-refractivity contribution in [1.29, 1.82) is 0 Å². The van der Waals surface area contributed by atoms with Crippen molar-refractivity contribution >= 4 is 11.8 Å². The molecule has 0 aromatic carbocycles. The van der Waals surface area contributed by atoms with E-state index in [0.717, 1.165) is 25.2 Å². The standard InChI is InChI=1S/C10H18O2.C8H16.C7H8O/c1-3-5-6-7-8-10(11)12-9-4-2;1-2-8-6-4-3-5-7-8;1-2-6-3-4-7(8)5-6/h4H,2-3,5-9H2,1H3;8H,2-7H2,1H3;1,6H,3-5H2/t;;6-/m..0/s1. The van der Waals surface area contributed by atoms with Crippen LogP contribution in [0.4, 0.5) is 0 Å². The van der Waals surface area contributed by atoms with Crippen LogP contribution >= 0.6 is 0 Å². The predicted molar refractivity (Wildman–Crippen MR) is 118 cm³/mol. The number of carbonyl (C=O) groups is 2. The molecule has 2 aliphatic carbocycles. The van der Waals surface area contributed by atoms with E-state index in [1.54, 1.807) is 6.08 Å². The van der Waals surface area contributed by atoms with E-state index < -0.39 is 0 Å². The van der Waals surface area contributed by atoms with Gasteiger partial charge in [-0.15, -0.1) is 12.3 Å². The van der Waals surface area contributed by atoms with E-state index in [4.69, 9.17) is 11.2 Å². The highest BCUT2D eigenvalue weighted by molar-refractivity contribution is 5.81. The predicted octanol–water partition coefficient (Wildman–Crippen LogP) is 6.65. The molecule has 0 N–H and O–H groups in total. The van der Waals surface area contributed by atoms with E-state index in [0.29, 0.717) is 31.7 Å². The molecule has 0 aromatic rings. The minimum atomic E-state index is -0.106. The molecular weight excluding hydrogens is 348 g/mol. The molecule has 2 fully saturated rings. The Bertz CT molecular complexity index is 455. The van der Waals surface area contributed by atoms with Gasteiger partial charge in [0.15, 0.2) is 0 Å². The fourth-order valence-electron chi connectivity index (χ4n) is 3.47. The summed E-state index contributed by atoms with van der Waals surface area (Å²) in [6.07, 6.45) is 22.9. The molecule has 1 atom stereocenters. The van der Waals surface area contributed by atoms with E-state index >= 15 is 0 Å². The third kappa shape index (κ3) is 15.5. The zero-order chi connectivity index (χ0) is 21.0. The average Bonchev–Trinajstić information content (AvgIpc) is 3.16. The minimum Gasteiger partial charge on any atom is -0.461 e. The SMILES string of the molecule is C#C[C@H]1CCC(=O)C1.C=CCOC(=O)CCCCCC.CCC1CCCCC1. The first-order chi connectivity index (χ1) is 13.6. The second-order valence-corrected chi connectivity index (χ2v) is 7.84. The lowest BCUT2D eigenvalue weighted by Gasteiger charge is -2.18. The molecule has 0 heterocycles. The normalized spacial score (nSPS) is 18.8. The number of esters is 1. The molecule has 0 unspecified atom stereocenters. The highest BCUT2D eigenvalue weighted by atomic mass is 16.5. The Kier molecular flexibility index (Phi) is 17.7. The molecule has 0 bridgehead atoms. The second kappa shape index (κ2) is 18.8. The lowest BCUT2D eigenvalue weighted by Crippen LogP contribution is -2.03. The number of Topliss-reactive ketones (excluding diaryl/α,β-unsaturated/α-hetero) is 1.